The molecule has 66 valence electrons. The first-order valence-corrected chi connectivity index (χ1v) is 4.86. The van der Waals surface area contributed by atoms with Crippen LogP contribution in [0.1, 0.15) is 18.9 Å². The third-order valence-electron chi connectivity index (χ3n) is 2.28. The highest BCUT2D eigenvalue weighted by Gasteiger charge is 2.05. The highest BCUT2D eigenvalue weighted by molar-refractivity contribution is 7.80. The van der Waals surface area contributed by atoms with Gasteiger partial charge in [-0.1, -0.05) is 29.9 Å². The zero-order valence-corrected chi connectivity index (χ0v) is 8.51. The van der Waals surface area contributed by atoms with Crippen LogP contribution in [0.15, 0.2) is 46.9 Å². The van der Waals surface area contributed by atoms with Crippen LogP contribution in [0.2, 0.25) is 0 Å². The lowest BCUT2D eigenvalue weighted by atomic mass is 10.0. The number of thiol groups is 1. The molecule has 0 bridgehead atoms. The van der Waals surface area contributed by atoms with Crippen LogP contribution in [-0.4, -0.2) is 0 Å². The van der Waals surface area contributed by atoms with Crippen molar-refractivity contribution in [2.24, 2.45) is 0 Å². The van der Waals surface area contributed by atoms with E-state index in [0.717, 1.165) is 11.3 Å². The molecule has 0 aliphatic heterocycles. The molecule has 2 rings (SSSR count). The smallest absolute Gasteiger partial charge is 0.00403 e. The van der Waals surface area contributed by atoms with Crippen molar-refractivity contribution in [1.29, 1.82) is 0 Å². The minimum absolute atomic E-state index is 1.02. The van der Waals surface area contributed by atoms with Gasteiger partial charge in [-0.05, 0) is 36.6 Å². The zero-order valence-electron chi connectivity index (χ0n) is 7.62. The van der Waals surface area contributed by atoms with Gasteiger partial charge in [-0.2, -0.15) is 0 Å². The molecule has 0 radical (unpaired) electrons. The first kappa shape index (κ1) is 8.64. The van der Waals surface area contributed by atoms with Crippen molar-refractivity contribution < 1.29 is 0 Å². The fourth-order valence-electron chi connectivity index (χ4n) is 1.53. The van der Waals surface area contributed by atoms with Gasteiger partial charge in [0.15, 0.2) is 0 Å². The Labute approximate surface area is 84.4 Å². The van der Waals surface area contributed by atoms with E-state index in [1.54, 1.807) is 0 Å². The van der Waals surface area contributed by atoms with Crippen molar-refractivity contribution in [3.05, 3.63) is 47.6 Å². The summed E-state index contributed by atoms with van der Waals surface area (Å²) in [4.78, 5) is 1.02. The van der Waals surface area contributed by atoms with Gasteiger partial charge in [0.1, 0.15) is 0 Å². The second kappa shape index (κ2) is 3.43. The number of hydrogen-bond acceptors (Lipinski definition) is 1. The second-order valence-electron chi connectivity index (χ2n) is 3.43. The van der Waals surface area contributed by atoms with Gasteiger partial charge < -0.3 is 0 Å². The average molecular weight is 188 g/mol. The molecule has 1 aliphatic rings. The predicted molar refractivity (Wildman–Crippen MR) is 60.0 cm³/mol. The summed E-state index contributed by atoms with van der Waals surface area (Å²) in [6.45, 7) is 2.16. The Morgan fingerprint density at radius 3 is 2.31 bits per heavy atom. The van der Waals surface area contributed by atoms with E-state index >= 15 is 0 Å². The highest BCUT2D eigenvalue weighted by Crippen LogP contribution is 2.27. The third-order valence-corrected chi connectivity index (χ3v) is 2.57. The summed E-state index contributed by atoms with van der Waals surface area (Å²) in [5, 5.41) is 0. The topological polar surface area (TPSA) is 0 Å². The van der Waals surface area contributed by atoms with Crippen LogP contribution in [-0.2, 0) is 0 Å². The van der Waals surface area contributed by atoms with Crippen molar-refractivity contribution in [1.82, 2.24) is 0 Å². The van der Waals surface area contributed by atoms with Crippen LogP contribution < -0.4 is 0 Å². The quantitative estimate of drug-likeness (QED) is 0.638. The van der Waals surface area contributed by atoms with Crippen molar-refractivity contribution in [3.8, 4) is 0 Å². The summed E-state index contributed by atoms with van der Waals surface area (Å²) in [7, 11) is 0. The van der Waals surface area contributed by atoms with E-state index in [1.165, 1.54) is 16.7 Å². The molecule has 1 heteroatoms. The molecule has 1 aromatic carbocycles. The largest absolute Gasteiger partial charge is 0.143 e. The molecular formula is C12H12S. The molecule has 1 aliphatic carbocycles. The van der Waals surface area contributed by atoms with Gasteiger partial charge in [0, 0.05) is 4.90 Å². The van der Waals surface area contributed by atoms with E-state index in [2.05, 4.69) is 43.8 Å². The molecular weight excluding hydrogens is 176 g/mol. The van der Waals surface area contributed by atoms with Crippen LogP contribution in [0, 0.1) is 0 Å². The van der Waals surface area contributed by atoms with E-state index in [-0.39, 0.29) is 0 Å². The standard InChI is InChI=1S/C12H12S/c1-9-2-3-11(8-9)10-4-6-12(13)7-5-10/h2-7,13H,8H2,1H3. The fraction of sp³-hybridized carbons (Fsp3) is 0.167. The molecule has 0 saturated carbocycles. The number of hydrogen-bond donors (Lipinski definition) is 1. The Bertz CT molecular complexity index is 369. The first-order chi connectivity index (χ1) is 6.25. The minimum atomic E-state index is 1.02. The molecule has 0 nitrogen and oxygen atoms in total. The Kier molecular flexibility index (Phi) is 2.28. The summed E-state index contributed by atoms with van der Waals surface area (Å²) in [6.07, 6.45) is 5.47. The Hall–Kier alpha value is -0.950. The number of rotatable bonds is 1. The van der Waals surface area contributed by atoms with Gasteiger partial charge in [0.25, 0.3) is 0 Å². The van der Waals surface area contributed by atoms with Gasteiger partial charge in [-0.25, -0.2) is 0 Å². The maximum absolute atomic E-state index is 4.26. The van der Waals surface area contributed by atoms with Crippen LogP contribution in [0.5, 0.6) is 0 Å². The Morgan fingerprint density at radius 2 is 1.77 bits per heavy atom. The maximum Gasteiger partial charge on any atom is 0.00403 e. The summed E-state index contributed by atoms with van der Waals surface area (Å²) < 4.78 is 0. The zero-order chi connectivity index (χ0) is 9.26. The monoisotopic (exact) mass is 188 g/mol. The van der Waals surface area contributed by atoms with Crippen molar-refractivity contribution >= 4 is 18.2 Å². The third kappa shape index (κ3) is 1.86. The molecule has 0 aromatic heterocycles. The van der Waals surface area contributed by atoms with Crippen LogP contribution in [0.3, 0.4) is 0 Å². The van der Waals surface area contributed by atoms with E-state index < -0.39 is 0 Å². The molecule has 0 fully saturated rings. The molecule has 0 unspecified atom stereocenters. The highest BCUT2D eigenvalue weighted by atomic mass is 32.1. The molecule has 0 amide bonds. The predicted octanol–water partition coefficient (Wildman–Crippen LogP) is 3.71. The lowest BCUT2D eigenvalue weighted by molar-refractivity contribution is 1.26. The van der Waals surface area contributed by atoms with Crippen molar-refractivity contribution in [2.75, 3.05) is 0 Å². The second-order valence-corrected chi connectivity index (χ2v) is 3.94. The Morgan fingerprint density at radius 1 is 1.08 bits per heavy atom. The van der Waals surface area contributed by atoms with Gasteiger partial charge in [0.2, 0.25) is 0 Å². The summed E-state index contributed by atoms with van der Waals surface area (Å²) >= 11 is 4.26. The average Bonchev–Trinajstić information content (AvgIpc) is 2.53. The first-order valence-electron chi connectivity index (χ1n) is 4.41. The summed E-state index contributed by atoms with van der Waals surface area (Å²) in [6, 6.07) is 8.32. The Balaban J connectivity index is 2.24. The van der Waals surface area contributed by atoms with Gasteiger partial charge in [-0.3, -0.25) is 0 Å². The van der Waals surface area contributed by atoms with Gasteiger partial charge >= 0.3 is 0 Å². The lowest BCUT2D eigenvalue weighted by Crippen LogP contribution is -1.81. The van der Waals surface area contributed by atoms with Crippen molar-refractivity contribution in [2.45, 2.75) is 18.2 Å². The molecule has 0 spiro atoms. The summed E-state index contributed by atoms with van der Waals surface area (Å²) in [5.41, 5.74) is 4.15. The van der Waals surface area contributed by atoms with Crippen LogP contribution in [0.4, 0.5) is 0 Å². The van der Waals surface area contributed by atoms with Gasteiger partial charge in [-0.15, -0.1) is 12.6 Å². The fourth-order valence-corrected chi connectivity index (χ4v) is 1.68. The van der Waals surface area contributed by atoms with E-state index in [4.69, 9.17) is 0 Å². The SMILES string of the molecule is CC1=CC=C(c2ccc(S)cc2)C1. The number of allylic oxidation sites excluding steroid dienone is 4. The van der Waals surface area contributed by atoms with Gasteiger partial charge in [0.05, 0.1) is 0 Å². The summed E-state index contributed by atoms with van der Waals surface area (Å²) in [5.74, 6) is 0. The molecule has 0 heterocycles. The van der Waals surface area contributed by atoms with E-state index in [9.17, 15) is 0 Å². The minimum Gasteiger partial charge on any atom is -0.143 e. The van der Waals surface area contributed by atoms with Crippen molar-refractivity contribution in [3.63, 3.8) is 0 Å². The molecule has 1 aromatic rings. The molecule has 13 heavy (non-hydrogen) atoms. The van der Waals surface area contributed by atoms with E-state index in [1.807, 2.05) is 12.1 Å². The molecule has 0 N–H and O–H groups in total. The van der Waals surface area contributed by atoms with E-state index in [0.29, 0.717) is 0 Å². The van der Waals surface area contributed by atoms with Crippen LogP contribution in [0.25, 0.3) is 5.57 Å². The maximum atomic E-state index is 4.26. The normalized spacial score (nSPS) is 15.5. The lowest BCUT2D eigenvalue weighted by Gasteiger charge is -2.02. The van der Waals surface area contributed by atoms with Crippen LogP contribution >= 0.6 is 12.6 Å². The molecule has 0 saturated heterocycles. The molecule has 0 atom stereocenters. The number of benzene rings is 1.